The van der Waals surface area contributed by atoms with E-state index >= 15 is 0 Å². The second-order valence-corrected chi connectivity index (χ2v) is 23.9. The maximum absolute atomic E-state index is 10.8. The van der Waals surface area contributed by atoms with Crippen LogP contribution < -0.4 is 14.2 Å². The first kappa shape index (κ1) is 66.0. The van der Waals surface area contributed by atoms with E-state index in [4.69, 9.17) is 57.4 Å². The van der Waals surface area contributed by atoms with Crippen LogP contribution in [-0.2, 0) is 78.1 Å². The minimum Gasteiger partial charge on any atom is -0.491 e. The fraction of sp³-hybridized carbons (Fsp3) is 0.623. The standard InChI is InChI=1S/C69H99N5O13/c1-7-50-51(8-2)59-41-61-53(12-10-22-76)47(4)65(74-61)45-71-63-43-67(66(86-37-34-83-30-25-79-24-23-78-6)42-62(63)70-44-64-46(3)52(11-9-21-75)60(73-64)40-58(50)72-59)87-38-35-84-32-29-81-27-26-80-28-31-82-33-36-85-49-14-16-54-48(39-49)13-15-56-55(54)19-20-69(5)57(56)17-18-68(69)77/h14,16,39,42-45,55-57,68,72-77H,7-13,15,17-38,40-41H2,1-6H3/t55-,56-,57+,68+,69+/m1/s1. The van der Waals surface area contributed by atoms with Gasteiger partial charge in [0.2, 0.25) is 0 Å². The zero-order valence-corrected chi connectivity index (χ0v) is 52.8. The van der Waals surface area contributed by atoms with E-state index in [2.05, 4.69) is 67.8 Å². The third kappa shape index (κ3) is 16.9. The van der Waals surface area contributed by atoms with Gasteiger partial charge in [-0.3, -0.25) is 9.98 Å². The van der Waals surface area contributed by atoms with Crippen molar-refractivity contribution in [2.45, 2.75) is 137 Å². The highest BCUT2D eigenvalue weighted by Crippen LogP contribution is 2.61. The van der Waals surface area contributed by atoms with E-state index in [1.54, 1.807) is 7.11 Å². The van der Waals surface area contributed by atoms with E-state index in [0.29, 0.717) is 159 Å². The molecule has 0 amide bonds. The molecule has 2 aromatic carbocycles. The summed E-state index contributed by atoms with van der Waals surface area (Å²) in [7, 11) is 1.65. The Bertz CT molecular complexity index is 3000. The highest BCUT2D eigenvalue weighted by Gasteiger charge is 2.54. The molecule has 87 heavy (non-hydrogen) atoms. The number of hydrogen-bond acceptors (Lipinski definition) is 15. The van der Waals surface area contributed by atoms with Gasteiger partial charge < -0.3 is 77.6 Å². The van der Waals surface area contributed by atoms with Crippen molar-refractivity contribution in [3.63, 3.8) is 0 Å². The zero-order chi connectivity index (χ0) is 61.0. The van der Waals surface area contributed by atoms with E-state index in [1.165, 1.54) is 64.0 Å². The fourth-order valence-electron chi connectivity index (χ4n) is 14.1. The van der Waals surface area contributed by atoms with Gasteiger partial charge in [-0.05, 0) is 171 Å². The van der Waals surface area contributed by atoms with Crippen LogP contribution in [0, 0.1) is 31.1 Å². The van der Waals surface area contributed by atoms with E-state index in [1.807, 2.05) is 24.6 Å². The van der Waals surface area contributed by atoms with Gasteiger partial charge in [-0.25, -0.2) is 0 Å². The molecule has 18 heteroatoms. The Morgan fingerprint density at radius 1 is 0.552 bits per heavy atom. The number of aromatic nitrogens is 3. The van der Waals surface area contributed by atoms with Crippen molar-refractivity contribution < 1.29 is 62.7 Å². The van der Waals surface area contributed by atoms with E-state index < -0.39 is 0 Å². The first-order valence-corrected chi connectivity index (χ1v) is 32.3. The number of benzene rings is 2. The van der Waals surface area contributed by atoms with Gasteiger partial charge in [-0.15, -0.1) is 0 Å². The molecule has 18 nitrogen and oxygen atoms in total. The van der Waals surface area contributed by atoms with Crippen LogP contribution in [0.5, 0.6) is 17.2 Å². The summed E-state index contributed by atoms with van der Waals surface area (Å²) < 4.78 is 58.8. The number of methoxy groups -OCH3 is 1. The molecule has 4 aliphatic rings. The second kappa shape index (κ2) is 33.4. The van der Waals surface area contributed by atoms with Gasteiger partial charge in [-0.2, -0.15) is 0 Å². The Morgan fingerprint density at radius 3 is 1.51 bits per heavy atom. The number of aromatic amines is 3. The molecule has 3 aromatic heterocycles. The average Bonchev–Trinajstić information content (AvgIpc) is 1.92. The SMILES string of the molecule is CCc1c2[nH]c(c1CC)Cc1[nH]c(c(C)c1CCCO)C=Nc1cc(OCCOCCOCCOCCOCCOc3ccc4c(c3)CC[C@@H]3[C@@H]4CC[C@]4(C)[C@@H](O)CC[C@@H]34)c(OCCOCCOCCOC)cc1N=Cc1[nH]c(c(CCCO)c1C)C2. The third-order valence-electron chi connectivity index (χ3n) is 18.7. The summed E-state index contributed by atoms with van der Waals surface area (Å²) in [5.41, 5.74) is 17.8. The predicted molar refractivity (Wildman–Crippen MR) is 338 cm³/mol. The van der Waals surface area contributed by atoms with Gasteiger partial charge in [0.1, 0.15) is 25.6 Å². The molecule has 2 fully saturated rings. The monoisotopic (exact) mass is 1210 g/mol. The number of H-pyrrole nitrogens is 3. The van der Waals surface area contributed by atoms with Crippen molar-refractivity contribution in [2.75, 3.05) is 126 Å². The summed E-state index contributed by atoms with van der Waals surface area (Å²) in [5, 5.41) is 30.7. The van der Waals surface area contributed by atoms with Crippen molar-refractivity contribution in [1.82, 2.24) is 15.0 Å². The lowest BCUT2D eigenvalue weighted by atomic mass is 9.55. The Hall–Kier alpha value is -5.38. The van der Waals surface area contributed by atoms with Crippen LogP contribution in [-0.4, -0.2) is 175 Å². The maximum Gasteiger partial charge on any atom is 0.163 e. The van der Waals surface area contributed by atoms with Crippen LogP contribution in [0.1, 0.15) is 150 Å². The number of rotatable bonds is 35. The van der Waals surface area contributed by atoms with Crippen molar-refractivity contribution in [3.05, 3.63) is 109 Å². The third-order valence-corrected chi connectivity index (χ3v) is 18.7. The Morgan fingerprint density at radius 2 is 1.02 bits per heavy atom. The summed E-state index contributed by atoms with van der Waals surface area (Å²) in [6.45, 7) is 17.8. The van der Waals surface area contributed by atoms with Gasteiger partial charge in [0.15, 0.2) is 11.5 Å². The lowest BCUT2D eigenvalue weighted by Crippen LogP contribution is -2.43. The van der Waals surface area contributed by atoms with Crippen molar-refractivity contribution in [1.29, 1.82) is 0 Å². The topological polar surface area (TPSA) is 225 Å². The highest BCUT2D eigenvalue weighted by molar-refractivity contribution is 5.88. The van der Waals surface area contributed by atoms with Gasteiger partial charge in [0.25, 0.3) is 0 Å². The van der Waals surface area contributed by atoms with Crippen LogP contribution in [0.15, 0.2) is 40.3 Å². The zero-order valence-electron chi connectivity index (χ0n) is 52.8. The minimum absolute atomic E-state index is 0.0981. The molecule has 0 unspecified atom stereocenters. The minimum atomic E-state index is -0.140. The molecule has 9 rings (SSSR count). The molecule has 5 aromatic rings. The van der Waals surface area contributed by atoms with Crippen molar-refractivity contribution >= 4 is 23.8 Å². The number of aliphatic imine (C=N–C) groups is 2. The quantitative estimate of drug-likeness (QED) is 0.0204. The molecule has 0 saturated heterocycles. The summed E-state index contributed by atoms with van der Waals surface area (Å²) >= 11 is 0. The summed E-state index contributed by atoms with van der Waals surface area (Å²) in [4.78, 5) is 21.6. The molecule has 5 atom stereocenters. The summed E-state index contributed by atoms with van der Waals surface area (Å²) in [5.74, 6) is 3.79. The fourth-order valence-corrected chi connectivity index (χ4v) is 14.1. The van der Waals surface area contributed by atoms with E-state index in [0.717, 1.165) is 84.6 Å². The molecule has 2 saturated carbocycles. The van der Waals surface area contributed by atoms with Gasteiger partial charge in [-0.1, -0.05) is 26.8 Å². The van der Waals surface area contributed by atoms with Crippen molar-refractivity contribution in [3.8, 4) is 17.2 Å². The molecule has 1 aliphatic heterocycles. The largest absolute Gasteiger partial charge is 0.491 e. The number of fused-ring (bicyclic) bond motifs is 12. The molecule has 0 radical (unpaired) electrons. The number of nitrogens with zero attached hydrogens (tertiary/aromatic N) is 2. The lowest BCUT2D eigenvalue weighted by Gasteiger charge is -2.50. The van der Waals surface area contributed by atoms with Crippen molar-refractivity contribution in [2.24, 2.45) is 27.2 Å². The van der Waals surface area contributed by atoms with Gasteiger partial charge >= 0.3 is 0 Å². The molecule has 478 valence electrons. The smallest absolute Gasteiger partial charge is 0.163 e. The van der Waals surface area contributed by atoms with Crippen LogP contribution in [0.25, 0.3) is 0 Å². The van der Waals surface area contributed by atoms with E-state index in [-0.39, 0.29) is 37.9 Å². The predicted octanol–water partition coefficient (Wildman–Crippen LogP) is 10.1. The number of aryl methyl sites for hydroxylation is 1. The number of aliphatic hydroxyl groups excluding tert-OH is 3. The molecule has 6 N–H and O–H groups in total. The van der Waals surface area contributed by atoms with Crippen LogP contribution >= 0.6 is 0 Å². The molecule has 3 aliphatic carbocycles. The number of hydrogen-bond donors (Lipinski definition) is 6. The number of aliphatic hydroxyl groups is 3. The lowest BCUT2D eigenvalue weighted by molar-refractivity contribution is -0.0226. The first-order valence-electron chi connectivity index (χ1n) is 32.3. The van der Waals surface area contributed by atoms with Gasteiger partial charge in [0, 0.05) is 68.1 Å². The molecule has 6 bridgehead atoms. The van der Waals surface area contributed by atoms with Crippen LogP contribution in [0.4, 0.5) is 11.4 Å². The van der Waals surface area contributed by atoms with Crippen LogP contribution in [0.3, 0.4) is 0 Å². The molecular formula is C69H99N5O13. The first-order chi connectivity index (χ1) is 42.6. The van der Waals surface area contributed by atoms with E-state index in [9.17, 15) is 15.3 Å². The highest BCUT2D eigenvalue weighted by atomic mass is 16.6. The Kier molecular flexibility index (Phi) is 25.4. The molecule has 4 heterocycles. The number of ether oxygens (including phenoxy) is 10. The normalized spacial score (nSPS) is 19.6. The Labute approximate surface area is 515 Å². The molecule has 0 spiro atoms. The maximum atomic E-state index is 10.8. The summed E-state index contributed by atoms with van der Waals surface area (Å²) in [6, 6.07) is 10.4. The molecular weight excluding hydrogens is 1110 g/mol. The summed E-state index contributed by atoms with van der Waals surface area (Å²) in [6.07, 6.45) is 16.2. The Balaban J connectivity index is 0.782. The van der Waals surface area contributed by atoms with Crippen LogP contribution in [0.2, 0.25) is 0 Å². The van der Waals surface area contributed by atoms with Gasteiger partial charge in [0.05, 0.1) is 127 Å². The average molecular weight is 1210 g/mol. The number of nitrogens with one attached hydrogen (secondary N) is 3. The second-order valence-electron chi connectivity index (χ2n) is 23.9.